The minimum atomic E-state index is -5.18. The molecule has 0 saturated heterocycles. The Morgan fingerprint density at radius 1 is 0.833 bits per heavy atom. The topological polar surface area (TPSA) is 75.6 Å². The Kier molecular flexibility index (Phi) is 6.42. The molecule has 3 aromatic rings. The number of hydrogen-bond acceptors (Lipinski definition) is 3. The number of alkyl carbamates (subject to hydrolysis) is 1. The normalized spacial score (nSPS) is 14.1. The van der Waals surface area contributed by atoms with Gasteiger partial charge in [-0.2, -0.15) is 26.3 Å². The van der Waals surface area contributed by atoms with Crippen LogP contribution in [-0.2, 0) is 21.9 Å². The van der Waals surface area contributed by atoms with E-state index in [1.807, 2.05) is 41.7 Å². The number of benzene rings is 3. The standard InChI is InChI=1S/C25H17F6NO4/c26-24(27,28)14-9-13(10-15(11-14)25(29,30)31)21(22(33)34)32-23(35)36-12-20-18-7-3-1-5-16(18)17-6-2-4-8-19(17)20/h1-11,20-21H,12H2,(H,32,35)(H,33,34). The first-order valence-corrected chi connectivity index (χ1v) is 10.5. The van der Waals surface area contributed by atoms with Crippen molar-refractivity contribution in [1.29, 1.82) is 0 Å². The maximum atomic E-state index is 13.2. The number of carboxylic acids is 1. The molecule has 0 fully saturated rings. The monoisotopic (exact) mass is 509 g/mol. The predicted molar refractivity (Wildman–Crippen MR) is 115 cm³/mol. The first kappa shape index (κ1) is 25.1. The van der Waals surface area contributed by atoms with Crippen LogP contribution in [-0.4, -0.2) is 23.8 Å². The van der Waals surface area contributed by atoms with Gasteiger partial charge in [-0.15, -0.1) is 0 Å². The first-order chi connectivity index (χ1) is 16.9. The molecule has 2 N–H and O–H groups in total. The highest BCUT2D eigenvalue weighted by molar-refractivity contribution is 5.82. The number of carboxylic acid groups (broad SMARTS) is 1. The summed E-state index contributed by atoms with van der Waals surface area (Å²) in [6.07, 6.45) is -11.7. The fraction of sp³-hybridized carbons (Fsp3) is 0.200. The molecule has 3 aromatic carbocycles. The Labute approximate surface area is 200 Å². The summed E-state index contributed by atoms with van der Waals surface area (Å²) in [5.74, 6) is -2.26. The summed E-state index contributed by atoms with van der Waals surface area (Å²) >= 11 is 0. The average molecular weight is 509 g/mol. The van der Waals surface area contributed by atoms with E-state index in [1.54, 1.807) is 12.1 Å². The number of hydrogen-bond donors (Lipinski definition) is 2. The van der Waals surface area contributed by atoms with Gasteiger partial charge in [-0.3, -0.25) is 0 Å². The largest absolute Gasteiger partial charge is 0.479 e. The predicted octanol–water partition coefficient (Wildman–Crippen LogP) is 6.39. The highest BCUT2D eigenvalue weighted by atomic mass is 19.4. The van der Waals surface area contributed by atoms with Crippen molar-refractivity contribution in [2.45, 2.75) is 24.3 Å². The lowest BCUT2D eigenvalue weighted by atomic mass is 9.98. The zero-order chi connectivity index (χ0) is 26.3. The highest BCUT2D eigenvalue weighted by Crippen LogP contribution is 2.44. The molecule has 11 heteroatoms. The summed E-state index contributed by atoms with van der Waals surface area (Å²) in [5.41, 5.74) is -0.745. The van der Waals surface area contributed by atoms with Crippen LogP contribution in [0.5, 0.6) is 0 Å². The molecular weight excluding hydrogens is 492 g/mol. The number of alkyl halides is 6. The smallest absolute Gasteiger partial charge is 0.416 e. The van der Waals surface area contributed by atoms with E-state index in [0.29, 0.717) is 0 Å². The van der Waals surface area contributed by atoms with Crippen LogP contribution in [0.15, 0.2) is 66.7 Å². The number of carbonyl (C=O) groups excluding carboxylic acids is 1. The molecule has 0 heterocycles. The van der Waals surface area contributed by atoms with Crippen LogP contribution in [0, 0.1) is 0 Å². The van der Waals surface area contributed by atoms with Crippen molar-refractivity contribution in [3.63, 3.8) is 0 Å². The molecule has 0 spiro atoms. The molecule has 1 atom stereocenters. The molecule has 0 saturated carbocycles. The Morgan fingerprint density at radius 2 is 1.31 bits per heavy atom. The number of rotatable bonds is 5. The Hall–Kier alpha value is -4.02. The summed E-state index contributed by atoms with van der Waals surface area (Å²) in [6.45, 7) is -0.234. The van der Waals surface area contributed by atoms with E-state index in [2.05, 4.69) is 0 Å². The van der Waals surface area contributed by atoms with Gasteiger partial charge < -0.3 is 15.2 Å². The van der Waals surface area contributed by atoms with Crippen LogP contribution < -0.4 is 5.32 Å². The van der Waals surface area contributed by atoms with Gasteiger partial charge in [0.05, 0.1) is 11.1 Å². The van der Waals surface area contributed by atoms with Gasteiger partial charge in [0.1, 0.15) is 6.61 Å². The quantitative estimate of drug-likeness (QED) is 0.391. The van der Waals surface area contributed by atoms with Gasteiger partial charge in [0, 0.05) is 5.92 Å². The Morgan fingerprint density at radius 3 is 1.75 bits per heavy atom. The molecule has 5 nitrogen and oxygen atoms in total. The van der Waals surface area contributed by atoms with Crippen LogP contribution in [0.25, 0.3) is 11.1 Å². The van der Waals surface area contributed by atoms with Gasteiger partial charge in [0.15, 0.2) is 6.04 Å². The molecule has 1 aliphatic carbocycles. The molecule has 1 unspecified atom stereocenters. The van der Waals surface area contributed by atoms with Crippen molar-refractivity contribution in [1.82, 2.24) is 5.32 Å². The van der Waals surface area contributed by atoms with E-state index >= 15 is 0 Å². The molecular formula is C25H17F6NO4. The number of amides is 1. The van der Waals surface area contributed by atoms with E-state index in [9.17, 15) is 41.0 Å². The van der Waals surface area contributed by atoms with E-state index in [4.69, 9.17) is 4.74 Å². The average Bonchev–Trinajstić information content (AvgIpc) is 3.13. The summed E-state index contributed by atoms with van der Waals surface area (Å²) in [7, 11) is 0. The van der Waals surface area contributed by atoms with Crippen LogP contribution in [0.4, 0.5) is 31.1 Å². The third-order valence-corrected chi connectivity index (χ3v) is 5.80. The molecule has 188 valence electrons. The lowest BCUT2D eigenvalue weighted by Gasteiger charge is -2.20. The number of ether oxygens (including phenoxy) is 1. The lowest BCUT2D eigenvalue weighted by molar-refractivity contribution is -0.144. The second kappa shape index (κ2) is 9.21. The number of aliphatic carboxylic acids is 1. The fourth-order valence-corrected chi connectivity index (χ4v) is 4.19. The second-order valence-corrected chi connectivity index (χ2v) is 8.08. The third kappa shape index (κ3) is 5.00. The van der Waals surface area contributed by atoms with Crippen molar-refractivity contribution in [3.05, 3.63) is 94.5 Å². The van der Waals surface area contributed by atoms with E-state index in [0.717, 1.165) is 22.3 Å². The van der Waals surface area contributed by atoms with E-state index in [-0.39, 0.29) is 24.8 Å². The third-order valence-electron chi connectivity index (χ3n) is 5.80. The lowest BCUT2D eigenvalue weighted by Crippen LogP contribution is -2.35. The molecule has 36 heavy (non-hydrogen) atoms. The summed E-state index contributed by atoms with van der Waals surface area (Å²) in [4.78, 5) is 24.1. The van der Waals surface area contributed by atoms with Crippen molar-refractivity contribution in [2.24, 2.45) is 0 Å². The summed E-state index contributed by atoms with van der Waals surface area (Å²) in [5, 5.41) is 11.3. The van der Waals surface area contributed by atoms with Crippen molar-refractivity contribution in [2.75, 3.05) is 6.61 Å². The van der Waals surface area contributed by atoms with Gasteiger partial charge >= 0.3 is 24.4 Å². The molecule has 1 aliphatic rings. The maximum absolute atomic E-state index is 13.2. The second-order valence-electron chi connectivity index (χ2n) is 8.08. The van der Waals surface area contributed by atoms with Crippen molar-refractivity contribution in [3.8, 4) is 11.1 Å². The van der Waals surface area contributed by atoms with E-state index in [1.165, 1.54) is 0 Å². The molecule has 0 radical (unpaired) electrons. The Bertz CT molecular complexity index is 1240. The minimum absolute atomic E-state index is 0.129. The van der Waals surface area contributed by atoms with Gasteiger partial charge in [-0.25, -0.2) is 9.59 Å². The van der Waals surface area contributed by atoms with Crippen LogP contribution >= 0.6 is 0 Å². The zero-order valence-corrected chi connectivity index (χ0v) is 18.2. The Balaban J connectivity index is 1.56. The maximum Gasteiger partial charge on any atom is 0.416 e. The van der Waals surface area contributed by atoms with Crippen LogP contribution in [0.2, 0.25) is 0 Å². The van der Waals surface area contributed by atoms with Crippen LogP contribution in [0.1, 0.15) is 39.8 Å². The van der Waals surface area contributed by atoms with Crippen LogP contribution in [0.3, 0.4) is 0 Å². The van der Waals surface area contributed by atoms with Gasteiger partial charge in [0.25, 0.3) is 0 Å². The summed E-state index contributed by atoms with van der Waals surface area (Å²) < 4.78 is 84.2. The summed E-state index contributed by atoms with van der Waals surface area (Å²) in [6, 6.07) is 12.9. The minimum Gasteiger partial charge on any atom is -0.479 e. The SMILES string of the molecule is O=C(NC(C(=O)O)c1cc(C(F)(F)F)cc(C(F)(F)F)c1)OCC1c2ccccc2-c2ccccc21. The fourth-order valence-electron chi connectivity index (χ4n) is 4.19. The molecule has 1 amide bonds. The van der Waals surface area contributed by atoms with Gasteiger partial charge in [0.2, 0.25) is 0 Å². The molecule has 0 aliphatic heterocycles. The van der Waals surface area contributed by atoms with Crippen molar-refractivity contribution >= 4 is 12.1 Å². The number of nitrogens with one attached hydrogen (secondary N) is 1. The first-order valence-electron chi connectivity index (χ1n) is 10.5. The van der Waals surface area contributed by atoms with Crippen molar-refractivity contribution < 1.29 is 45.8 Å². The number of fused-ring (bicyclic) bond motifs is 3. The van der Waals surface area contributed by atoms with Gasteiger partial charge in [-0.05, 0) is 46.0 Å². The number of carbonyl (C=O) groups is 2. The highest BCUT2D eigenvalue weighted by Gasteiger charge is 2.39. The van der Waals surface area contributed by atoms with Gasteiger partial charge in [-0.1, -0.05) is 48.5 Å². The molecule has 4 rings (SSSR count). The number of halogens is 6. The van der Waals surface area contributed by atoms with E-state index < -0.39 is 53.1 Å². The zero-order valence-electron chi connectivity index (χ0n) is 18.2. The molecule has 0 bridgehead atoms. The molecule has 0 aromatic heterocycles.